The van der Waals surface area contributed by atoms with Gasteiger partial charge in [-0.05, 0) is 31.8 Å². The number of aliphatic imine (C=N–C) groups is 1. The van der Waals surface area contributed by atoms with E-state index in [9.17, 15) is 5.11 Å². The summed E-state index contributed by atoms with van der Waals surface area (Å²) in [5, 5.41) is 18.6. The van der Waals surface area contributed by atoms with Crippen LogP contribution in [0.1, 0.15) is 12.5 Å². The Bertz CT molecular complexity index is 1280. The summed E-state index contributed by atoms with van der Waals surface area (Å²) in [6.07, 6.45) is 9.38. The summed E-state index contributed by atoms with van der Waals surface area (Å²) in [6, 6.07) is 6.39. The first kappa shape index (κ1) is 22.2. The van der Waals surface area contributed by atoms with Gasteiger partial charge in [-0.25, -0.2) is 9.50 Å². The molecule has 1 atom stereocenters. The molecule has 4 aromatic rings. The van der Waals surface area contributed by atoms with E-state index in [1.165, 1.54) is 0 Å². The lowest BCUT2D eigenvalue weighted by atomic mass is 10.0. The molecule has 9 heteroatoms. The van der Waals surface area contributed by atoms with Crippen molar-refractivity contribution in [2.24, 2.45) is 12.0 Å². The molecule has 0 unspecified atom stereocenters. The third-order valence-electron chi connectivity index (χ3n) is 6.29. The maximum atomic E-state index is 9.64. The van der Waals surface area contributed by atoms with Crippen molar-refractivity contribution in [3.05, 3.63) is 54.7 Å². The van der Waals surface area contributed by atoms with Crippen molar-refractivity contribution in [1.82, 2.24) is 29.3 Å². The van der Waals surface area contributed by atoms with Crippen LogP contribution in [0, 0.1) is 0 Å². The molecule has 0 aromatic carbocycles. The highest BCUT2D eigenvalue weighted by molar-refractivity contribution is 5.86. The molecule has 0 saturated carbocycles. The zero-order valence-electron chi connectivity index (χ0n) is 19.7. The zero-order chi connectivity index (χ0) is 23.7. The molecule has 0 amide bonds. The van der Waals surface area contributed by atoms with Crippen LogP contribution in [-0.4, -0.2) is 79.9 Å². The standard InChI is InChI=1S/C25H30N8O/c1-18(34)15-31-6-8-32(9-7-31)24-5-4-19(12-27-24)23-10-20(22-14-28-30(3)16-22)17-33-25(23)21(11-26-2)13-29-33/h4-5,10,12-14,16-18,34H,2,6-9,11,15H2,1,3H3/t18-/m0/s1. The molecular formula is C25H30N8O. The topological polar surface area (TPSA) is 87.1 Å². The molecule has 5 heterocycles. The van der Waals surface area contributed by atoms with Crippen LogP contribution in [0.3, 0.4) is 0 Å². The fourth-order valence-corrected chi connectivity index (χ4v) is 4.64. The minimum atomic E-state index is -0.298. The molecule has 1 aliphatic rings. The lowest BCUT2D eigenvalue weighted by Crippen LogP contribution is -2.48. The second kappa shape index (κ2) is 9.36. The molecule has 0 radical (unpaired) electrons. The van der Waals surface area contributed by atoms with Crippen LogP contribution in [-0.2, 0) is 13.6 Å². The van der Waals surface area contributed by atoms with Crippen LogP contribution >= 0.6 is 0 Å². The number of piperazine rings is 1. The minimum absolute atomic E-state index is 0.298. The van der Waals surface area contributed by atoms with Gasteiger partial charge in [0.15, 0.2) is 0 Å². The van der Waals surface area contributed by atoms with Crippen LogP contribution in [0.5, 0.6) is 0 Å². The molecule has 9 nitrogen and oxygen atoms in total. The summed E-state index contributed by atoms with van der Waals surface area (Å²) < 4.78 is 3.71. The number of pyridine rings is 2. The van der Waals surface area contributed by atoms with Crippen molar-refractivity contribution in [1.29, 1.82) is 0 Å². The number of hydrogen-bond donors (Lipinski definition) is 1. The molecular weight excluding hydrogens is 428 g/mol. The number of nitrogens with zero attached hydrogens (tertiary/aromatic N) is 8. The van der Waals surface area contributed by atoms with Crippen LogP contribution in [0.25, 0.3) is 27.8 Å². The number of aliphatic hydroxyl groups excluding tert-OH is 1. The van der Waals surface area contributed by atoms with E-state index >= 15 is 0 Å². The average Bonchev–Trinajstić information content (AvgIpc) is 3.45. The number of anilines is 1. The highest BCUT2D eigenvalue weighted by Gasteiger charge is 2.20. The lowest BCUT2D eigenvalue weighted by Gasteiger charge is -2.35. The first-order valence-corrected chi connectivity index (χ1v) is 11.6. The van der Waals surface area contributed by atoms with E-state index < -0.39 is 0 Å². The molecule has 5 rings (SSSR count). The van der Waals surface area contributed by atoms with Gasteiger partial charge in [0.1, 0.15) is 5.82 Å². The Morgan fingerprint density at radius 1 is 1.03 bits per heavy atom. The van der Waals surface area contributed by atoms with Gasteiger partial charge in [0.05, 0.1) is 30.6 Å². The molecule has 1 saturated heterocycles. The molecule has 4 aromatic heterocycles. The molecule has 176 valence electrons. The van der Waals surface area contributed by atoms with E-state index in [1.807, 2.05) is 49.5 Å². The highest BCUT2D eigenvalue weighted by Crippen LogP contribution is 2.32. The van der Waals surface area contributed by atoms with Gasteiger partial charge < -0.3 is 10.0 Å². The molecule has 0 aliphatic carbocycles. The van der Waals surface area contributed by atoms with E-state index in [0.717, 1.165) is 71.9 Å². The Morgan fingerprint density at radius 3 is 2.50 bits per heavy atom. The van der Waals surface area contributed by atoms with Gasteiger partial charge in [-0.1, -0.05) is 0 Å². The predicted molar refractivity (Wildman–Crippen MR) is 134 cm³/mol. The van der Waals surface area contributed by atoms with Gasteiger partial charge in [-0.3, -0.25) is 14.6 Å². The first-order valence-electron chi connectivity index (χ1n) is 11.6. The van der Waals surface area contributed by atoms with Crippen molar-refractivity contribution in [2.75, 3.05) is 37.6 Å². The predicted octanol–water partition coefficient (Wildman–Crippen LogP) is 2.50. The van der Waals surface area contributed by atoms with Gasteiger partial charge in [-0.15, -0.1) is 0 Å². The molecule has 0 spiro atoms. The smallest absolute Gasteiger partial charge is 0.128 e. The van der Waals surface area contributed by atoms with Crippen molar-refractivity contribution in [2.45, 2.75) is 19.6 Å². The second-order valence-corrected chi connectivity index (χ2v) is 8.93. The Balaban J connectivity index is 1.47. The molecule has 1 aliphatic heterocycles. The molecule has 1 fully saturated rings. The number of β-amino-alcohol motifs (C(OH)–C–C–N with tert-alkyl or cyclic N) is 1. The number of aliphatic hydroxyl groups is 1. The quantitative estimate of drug-likeness (QED) is 0.428. The van der Waals surface area contributed by atoms with Crippen LogP contribution < -0.4 is 4.90 Å². The third-order valence-corrected chi connectivity index (χ3v) is 6.29. The molecule has 34 heavy (non-hydrogen) atoms. The summed E-state index contributed by atoms with van der Waals surface area (Å²) in [6.45, 7) is 10.4. The van der Waals surface area contributed by atoms with Crippen molar-refractivity contribution >= 4 is 18.1 Å². The monoisotopic (exact) mass is 458 g/mol. The highest BCUT2D eigenvalue weighted by atomic mass is 16.3. The summed E-state index contributed by atoms with van der Waals surface area (Å²) in [4.78, 5) is 13.5. The first-order chi connectivity index (χ1) is 16.5. The molecule has 1 N–H and O–H groups in total. The Hall–Kier alpha value is -3.56. The summed E-state index contributed by atoms with van der Waals surface area (Å²) in [7, 11) is 1.91. The Kier molecular flexibility index (Phi) is 6.12. The van der Waals surface area contributed by atoms with E-state index in [0.29, 0.717) is 6.54 Å². The van der Waals surface area contributed by atoms with Gasteiger partial charge in [0.25, 0.3) is 0 Å². The van der Waals surface area contributed by atoms with Crippen LogP contribution in [0.15, 0.2) is 54.2 Å². The summed E-state index contributed by atoms with van der Waals surface area (Å²) in [5.74, 6) is 0.973. The maximum Gasteiger partial charge on any atom is 0.128 e. The van der Waals surface area contributed by atoms with Gasteiger partial charge in [0.2, 0.25) is 0 Å². The number of hydrogen-bond acceptors (Lipinski definition) is 7. The van der Waals surface area contributed by atoms with Crippen molar-refractivity contribution < 1.29 is 5.11 Å². The van der Waals surface area contributed by atoms with E-state index in [4.69, 9.17) is 4.98 Å². The second-order valence-electron chi connectivity index (χ2n) is 8.93. The van der Waals surface area contributed by atoms with Gasteiger partial charge in [-0.2, -0.15) is 10.2 Å². The van der Waals surface area contributed by atoms with Gasteiger partial charge >= 0.3 is 0 Å². The van der Waals surface area contributed by atoms with Crippen molar-refractivity contribution in [3.8, 4) is 22.3 Å². The SMILES string of the molecule is C=NCc1cnn2cc(-c3cnn(C)c3)cc(-c3ccc(N4CCN(C[C@H](C)O)CC4)nc3)c12. The summed E-state index contributed by atoms with van der Waals surface area (Å²) >= 11 is 0. The van der Waals surface area contributed by atoms with Crippen molar-refractivity contribution in [3.63, 3.8) is 0 Å². The Labute approximate surface area is 199 Å². The number of fused-ring (bicyclic) bond motifs is 1. The fraction of sp³-hybridized carbons (Fsp3) is 0.360. The third kappa shape index (κ3) is 4.44. The van der Waals surface area contributed by atoms with Gasteiger partial charge in [0, 0.05) is 86.2 Å². The minimum Gasteiger partial charge on any atom is -0.392 e. The lowest BCUT2D eigenvalue weighted by molar-refractivity contribution is 0.122. The average molecular weight is 459 g/mol. The van der Waals surface area contributed by atoms with Crippen LogP contribution in [0.2, 0.25) is 0 Å². The normalized spacial score (nSPS) is 15.7. The number of rotatable bonds is 7. The number of aryl methyl sites for hydroxylation is 1. The fourth-order valence-electron chi connectivity index (χ4n) is 4.64. The Morgan fingerprint density at radius 2 is 1.85 bits per heavy atom. The van der Waals surface area contributed by atoms with E-state index in [-0.39, 0.29) is 6.10 Å². The molecule has 0 bridgehead atoms. The van der Waals surface area contributed by atoms with E-state index in [1.54, 1.807) is 4.68 Å². The number of aromatic nitrogens is 5. The zero-order valence-corrected chi connectivity index (χ0v) is 19.7. The van der Waals surface area contributed by atoms with E-state index in [2.05, 4.69) is 49.9 Å². The largest absolute Gasteiger partial charge is 0.392 e. The summed E-state index contributed by atoms with van der Waals surface area (Å²) in [5.41, 5.74) is 6.19. The van der Waals surface area contributed by atoms with Crippen LogP contribution in [0.4, 0.5) is 5.82 Å². The maximum absolute atomic E-state index is 9.64.